The van der Waals surface area contributed by atoms with Crippen LogP contribution in [0.5, 0.6) is 0 Å². The number of hydrogen-bond donors (Lipinski definition) is 0. The number of ether oxygens (including phenoxy) is 1. The fourth-order valence-corrected chi connectivity index (χ4v) is 4.45. The standard InChI is InChI=1S/C24H29FN2O2/c25-22-10-5-4-9-21(22)17-26-14-6-12-24(13-16-26)19-27(23(28)18-29-24)15-11-20-7-2-1-3-8-20/h1-5,7-10H,6,11-19H2. The molecule has 0 saturated carbocycles. The molecular formula is C24H29FN2O2. The zero-order chi connectivity index (χ0) is 20.1. The van der Waals surface area contributed by atoms with E-state index in [-0.39, 0.29) is 23.9 Å². The summed E-state index contributed by atoms with van der Waals surface area (Å²) in [6.45, 7) is 3.97. The first-order valence-corrected chi connectivity index (χ1v) is 10.6. The molecule has 1 unspecified atom stereocenters. The highest BCUT2D eigenvalue weighted by atomic mass is 19.1. The van der Waals surface area contributed by atoms with Gasteiger partial charge in [-0.3, -0.25) is 9.69 Å². The highest BCUT2D eigenvalue weighted by Crippen LogP contribution is 2.31. The average Bonchev–Trinajstić information content (AvgIpc) is 2.94. The number of carbonyl (C=O) groups is 1. The molecule has 1 spiro atoms. The van der Waals surface area contributed by atoms with E-state index in [9.17, 15) is 9.18 Å². The fraction of sp³-hybridized carbons (Fsp3) is 0.458. The van der Waals surface area contributed by atoms with Crippen molar-refractivity contribution in [3.05, 3.63) is 71.5 Å². The summed E-state index contributed by atoms with van der Waals surface area (Å²) >= 11 is 0. The molecule has 0 aromatic heterocycles. The summed E-state index contributed by atoms with van der Waals surface area (Å²) in [6.07, 6.45) is 3.67. The van der Waals surface area contributed by atoms with Gasteiger partial charge in [0.25, 0.3) is 0 Å². The number of amides is 1. The summed E-state index contributed by atoms with van der Waals surface area (Å²) in [5.74, 6) is -0.0583. The predicted molar refractivity (Wildman–Crippen MR) is 111 cm³/mol. The Labute approximate surface area is 172 Å². The van der Waals surface area contributed by atoms with Crippen molar-refractivity contribution >= 4 is 5.91 Å². The largest absolute Gasteiger partial charge is 0.363 e. The van der Waals surface area contributed by atoms with Gasteiger partial charge < -0.3 is 9.64 Å². The molecule has 154 valence electrons. The highest BCUT2D eigenvalue weighted by Gasteiger charge is 2.40. The number of carbonyl (C=O) groups excluding carboxylic acids is 1. The summed E-state index contributed by atoms with van der Waals surface area (Å²) in [4.78, 5) is 16.7. The Morgan fingerprint density at radius 1 is 1.00 bits per heavy atom. The molecule has 0 aliphatic carbocycles. The molecule has 2 heterocycles. The molecule has 2 saturated heterocycles. The lowest BCUT2D eigenvalue weighted by Crippen LogP contribution is -2.55. The van der Waals surface area contributed by atoms with Crippen LogP contribution in [-0.2, 0) is 22.5 Å². The van der Waals surface area contributed by atoms with Gasteiger partial charge in [0, 0.05) is 31.7 Å². The van der Waals surface area contributed by atoms with E-state index < -0.39 is 0 Å². The third kappa shape index (κ3) is 5.03. The summed E-state index contributed by atoms with van der Waals surface area (Å²) in [6, 6.07) is 17.3. The lowest BCUT2D eigenvalue weighted by Gasteiger charge is -2.42. The Bertz CT molecular complexity index is 829. The van der Waals surface area contributed by atoms with Crippen molar-refractivity contribution < 1.29 is 13.9 Å². The van der Waals surface area contributed by atoms with Crippen LogP contribution in [0.2, 0.25) is 0 Å². The molecule has 4 rings (SSSR count). The number of hydrogen-bond acceptors (Lipinski definition) is 3. The van der Waals surface area contributed by atoms with E-state index >= 15 is 0 Å². The van der Waals surface area contributed by atoms with E-state index in [1.54, 1.807) is 6.07 Å². The molecule has 2 aliphatic heterocycles. The summed E-state index contributed by atoms with van der Waals surface area (Å²) in [5.41, 5.74) is 1.72. The van der Waals surface area contributed by atoms with E-state index in [0.717, 1.165) is 50.9 Å². The number of morpholine rings is 1. The molecule has 1 amide bonds. The number of halogens is 1. The molecule has 5 heteroatoms. The maximum absolute atomic E-state index is 14.0. The first-order chi connectivity index (χ1) is 14.1. The van der Waals surface area contributed by atoms with Crippen molar-refractivity contribution in [2.24, 2.45) is 0 Å². The monoisotopic (exact) mass is 396 g/mol. The van der Waals surface area contributed by atoms with E-state index in [1.165, 1.54) is 11.6 Å². The third-order valence-corrected chi connectivity index (χ3v) is 6.19. The molecule has 4 nitrogen and oxygen atoms in total. The topological polar surface area (TPSA) is 32.8 Å². The zero-order valence-electron chi connectivity index (χ0n) is 16.9. The number of benzene rings is 2. The second-order valence-electron chi connectivity index (χ2n) is 8.24. The molecular weight excluding hydrogens is 367 g/mol. The summed E-state index contributed by atoms with van der Waals surface area (Å²) in [5, 5.41) is 0. The Kier molecular flexibility index (Phi) is 6.26. The number of nitrogens with zero attached hydrogens (tertiary/aromatic N) is 2. The van der Waals surface area contributed by atoms with Crippen LogP contribution in [0, 0.1) is 5.82 Å². The van der Waals surface area contributed by atoms with Gasteiger partial charge in [-0.05, 0) is 43.9 Å². The first kappa shape index (κ1) is 20.0. The van der Waals surface area contributed by atoms with Gasteiger partial charge in [-0.25, -0.2) is 4.39 Å². The predicted octanol–water partition coefficient (Wildman–Crippen LogP) is 3.65. The van der Waals surface area contributed by atoms with Crippen molar-refractivity contribution in [2.75, 3.05) is 32.8 Å². The van der Waals surface area contributed by atoms with E-state index in [2.05, 4.69) is 17.0 Å². The van der Waals surface area contributed by atoms with Crippen LogP contribution < -0.4 is 0 Å². The van der Waals surface area contributed by atoms with Crippen molar-refractivity contribution in [2.45, 2.75) is 37.8 Å². The van der Waals surface area contributed by atoms with Gasteiger partial charge in [-0.15, -0.1) is 0 Å². The number of rotatable bonds is 5. The minimum Gasteiger partial charge on any atom is -0.363 e. The van der Waals surface area contributed by atoms with E-state index in [0.29, 0.717) is 13.1 Å². The van der Waals surface area contributed by atoms with Gasteiger partial charge in [0.15, 0.2) is 0 Å². The lowest BCUT2D eigenvalue weighted by molar-refractivity contribution is -0.165. The van der Waals surface area contributed by atoms with E-state index in [1.807, 2.05) is 35.2 Å². The quantitative estimate of drug-likeness (QED) is 0.773. The second kappa shape index (κ2) is 9.06. The normalized spacial score (nSPS) is 23.3. The van der Waals surface area contributed by atoms with Crippen LogP contribution in [0.3, 0.4) is 0 Å². The van der Waals surface area contributed by atoms with Gasteiger partial charge in [0.1, 0.15) is 12.4 Å². The van der Waals surface area contributed by atoms with Crippen LogP contribution in [-0.4, -0.2) is 54.1 Å². The van der Waals surface area contributed by atoms with Crippen LogP contribution in [0.1, 0.15) is 30.4 Å². The van der Waals surface area contributed by atoms with Crippen LogP contribution in [0.4, 0.5) is 4.39 Å². The fourth-order valence-electron chi connectivity index (χ4n) is 4.45. The zero-order valence-corrected chi connectivity index (χ0v) is 16.9. The molecule has 0 radical (unpaired) electrons. The molecule has 0 N–H and O–H groups in total. The summed E-state index contributed by atoms with van der Waals surface area (Å²) in [7, 11) is 0. The number of likely N-dealkylation sites (tertiary alicyclic amines) is 1. The minimum atomic E-state index is -0.269. The molecule has 2 fully saturated rings. The molecule has 2 aliphatic rings. The van der Waals surface area contributed by atoms with Gasteiger partial charge in [-0.2, -0.15) is 0 Å². The molecule has 0 bridgehead atoms. The Morgan fingerprint density at radius 2 is 1.79 bits per heavy atom. The highest BCUT2D eigenvalue weighted by molar-refractivity contribution is 5.78. The Morgan fingerprint density at radius 3 is 2.62 bits per heavy atom. The Hall–Kier alpha value is -2.24. The average molecular weight is 397 g/mol. The van der Waals surface area contributed by atoms with E-state index in [4.69, 9.17) is 4.74 Å². The molecule has 2 aromatic carbocycles. The van der Waals surface area contributed by atoms with Crippen LogP contribution in [0.25, 0.3) is 0 Å². The van der Waals surface area contributed by atoms with Crippen molar-refractivity contribution in [3.8, 4) is 0 Å². The van der Waals surface area contributed by atoms with Crippen molar-refractivity contribution in [3.63, 3.8) is 0 Å². The minimum absolute atomic E-state index is 0.0824. The second-order valence-corrected chi connectivity index (χ2v) is 8.24. The molecule has 29 heavy (non-hydrogen) atoms. The lowest BCUT2D eigenvalue weighted by atomic mass is 9.92. The SMILES string of the molecule is O=C1COC2(CCCN(Cc3ccccc3F)CC2)CN1CCc1ccccc1. The Balaban J connectivity index is 1.36. The van der Waals surface area contributed by atoms with Gasteiger partial charge in [0.2, 0.25) is 5.91 Å². The van der Waals surface area contributed by atoms with Crippen LogP contribution in [0.15, 0.2) is 54.6 Å². The van der Waals surface area contributed by atoms with Gasteiger partial charge in [0.05, 0.1) is 5.60 Å². The maximum Gasteiger partial charge on any atom is 0.248 e. The van der Waals surface area contributed by atoms with Crippen molar-refractivity contribution in [1.82, 2.24) is 9.80 Å². The third-order valence-electron chi connectivity index (χ3n) is 6.19. The first-order valence-electron chi connectivity index (χ1n) is 10.6. The summed E-state index contributed by atoms with van der Waals surface area (Å²) < 4.78 is 20.1. The van der Waals surface area contributed by atoms with Gasteiger partial charge in [-0.1, -0.05) is 48.5 Å². The molecule has 2 aromatic rings. The van der Waals surface area contributed by atoms with Gasteiger partial charge >= 0.3 is 0 Å². The van der Waals surface area contributed by atoms with Crippen molar-refractivity contribution in [1.29, 1.82) is 0 Å². The molecule has 1 atom stereocenters. The maximum atomic E-state index is 14.0. The van der Waals surface area contributed by atoms with Crippen LogP contribution >= 0.6 is 0 Å². The smallest absolute Gasteiger partial charge is 0.248 e.